The van der Waals surface area contributed by atoms with Gasteiger partial charge in [0.05, 0.1) is 0 Å². The van der Waals surface area contributed by atoms with Crippen LogP contribution in [0.2, 0.25) is 0 Å². The predicted octanol–water partition coefficient (Wildman–Crippen LogP) is 4.04. The van der Waals surface area contributed by atoms with Gasteiger partial charge in [-0.2, -0.15) is 0 Å². The first-order chi connectivity index (χ1) is 6.99. The highest BCUT2D eigenvalue weighted by molar-refractivity contribution is 7.97. The van der Waals surface area contributed by atoms with Crippen molar-refractivity contribution < 1.29 is 4.55 Å². The van der Waals surface area contributed by atoms with Gasteiger partial charge in [0, 0.05) is 33.8 Å². The van der Waals surface area contributed by atoms with Crippen molar-refractivity contribution >= 4 is 17.8 Å². The fourth-order valence-corrected chi connectivity index (χ4v) is 1.60. The summed E-state index contributed by atoms with van der Waals surface area (Å²) >= 11 is 0.704. The third kappa shape index (κ3) is 3.08. The van der Waals surface area contributed by atoms with E-state index >= 15 is 0 Å². The molecular weight excluding hydrogens is 206 g/mol. The lowest BCUT2D eigenvalue weighted by molar-refractivity contribution is 0.539. The minimum absolute atomic E-state index is 0.167. The summed E-state index contributed by atoms with van der Waals surface area (Å²) in [5.41, 5.74) is 2.39. The largest absolute Gasteiger partial charge is 0.325 e. The Bertz CT molecular complexity index is 351. The van der Waals surface area contributed by atoms with E-state index in [9.17, 15) is 0 Å². The minimum Gasteiger partial charge on any atom is -0.325 e. The molecule has 0 atom stereocenters. The van der Waals surface area contributed by atoms with Gasteiger partial charge in [-0.15, -0.1) is 0 Å². The summed E-state index contributed by atoms with van der Waals surface area (Å²) in [6.45, 7) is 10.0. The molecule has 0 spiro atoms. The van der Waals surface area contributed by atoms with E-state index in [0.29, 0.717) is 12.0 Å². The van der Waals surface area contributed by atoms with Gasteiger partial charge >= 0.3 is 0 Å². The van der Waals surface area contributed by atoms with Crippen LogP contribution in [0.25, 0.3) is 0 Å². The van der Waals surface area contributed by atoms with Crippen LogP contribution in [0, 0.1) is 5.41 Å². The third-order valence-electron chi connectivity index (χ3n) is 2.66. The van der Waals surface area contributed by atoms with E-state index in [1.54, 1.807) is 6.08 Å². The summed E-state index contributed by atoms with van der Waals surface area (Å²) in [5, 5.41) is 0. The van der Waals surface area contributed by atoms with Gasteiger partial charge in [0.25, 0.3) is 0 Å². The van der Waals surface area contributed by atoms with E-state index in [-0.39, 0.29) is 5.41 Å². The maximum Gasteiger partial charge on any atom is 0.0412 e. The quantitative estimate of drug-likeness (QED) is 0.578. The minimum atomic E-state index is 0.167. The summed E-state index contributed by atoms with van der Waals surface area (Å²) in [6.07, 6.45) is 6.36. The molecular formula is C12H17NOS. The molecule has 82 valence electrons. The lowest BCUT2D eigenvalue weighted by Gasteiger charge is -2.15. The van der Waals surface area contributed by atoms with Gasteiger partial charge in [0.1, 0.15) is 0 Å². The predicted molar refractivity (Wildman–Crippen MR) is 68.1 cm³/mol. The Morgan fingerprint density at radius 1 is 1.60 bits per heavy atom. The monoisotopic (exact) mass is 223 g/mol. The average Bonchev–Trinajstić information content (AvgIpc) is 2.42. The molecule has 1 N–H and O–H groups in total. The summed E-state index contributed by atoms with van der Waals surface area (Å²) in [4.78, 5) is 5.23. The highest BCUT2D eigenvalue weighted by Gasteiger charge is 2.28. The maximum absolute atomic E-state index is 8.87. The van der Waals surface area contributed by atoms with Gasteiger partial charge in [0.2, 0.25) is 0 Å². The first kappa shape index (κ1) is 12.3. The molecule has 0 amide bonds. The SMILES string of the molecule is C=C/C(=C\C=C1/CC(C)(C)C(C)=N1)SO. The normalized spacial score (nSPS) is 23.1. The van der Waals surface area contributed by atoms with Crippen LogP contribution in [0.4, 0.5) is 0 Å². The molecule has 0 radical (unpaired) electrons. The molecule has 0 bridgehead atoms. The van der Waals surface area contributed by atoms with Crippen molar-refractivity contribution in [1.29, 1.82) is 0 Å². The second kappa shape index (κ2) is 4.81. The standard InChI is InChI=1S/C12H17NOS/c1-5-11(15-14)7-6-10-8-12(3,4)9(2)13-10/h5-7,14H,1,8H2,2-4H3/b10-6+,11-7+. The zero-order chi connectivity index (χ0) is 11.5. The fourth-order valence-electron chi connectivity index (χ4n) is 1.40. The Hall–Kier alpha value is -0.800. The van der Waals surface area contributed by atoms with Gasteiger partial charge in [-0.05, 0) is 25.5 Å². The van der Waals surface area contributed by atoms with Crippen LogP contribution in [0.1, 0.15) is 27.2 Å². The molecule has 0 fully saturated rings. The highest BCUT2D eigenvalue weighted by atomic mass is 32.2. The van der Waals surface area contributed by atoms with Crippen molar-refractivity contribution in [2.75, 3.05) is 0 Å². The van der Waals surface area contributed by atoms with E-state index in [0.717, 1.165) is 17.0 Å². The molecule has 0 saturated carbocycles. The first-order valence-corrected chi connectivity index (χ1v) is 5.67. The summed E-state index contributed by atoms with van der Waals surface area (Å²) in [7, 11) is 0. The zero-order valence-electron chi connectivity index (χ0n) is 9.45. The van der Waals surface area contributed by atoms with Gasteiger partial charge in [-0.1, -0.05) is 26.5 Å². The van der Waals surface area contributed by atoms with Crippen molar-refractivity contribution in [3.63, 3.8) is 0 Å². The molecule has 0 aromatic carbocycles. The van der Waals surface area contributed by atoms with Crippen LogP contribution in [-0.2, 0) is 0 Å². The number of allylic oxidation sites excluding steroid dienone is 4. The summed E-state index contributed by atoms with van der Waals surface area (Å²) in [5.74, 6) is 0. The van der Waals surface area contributed by atoms with Gasteiger partial charge in [-0.3, -0.25) is 4.99 Å². The van der Waals surface area contributed by atoms with Gasteiger partial charge < -0.3 is 4.55 Å². The second-order valence-electron chi connectivity index (χ2n) is 4.28. The van der Waals surface area contributed by atoms with E-state index in [2.05, 4.69) is 32.3 Å². The van der Waals surface area contributed by atoms with E-state index in [1.807, 2.05) is 12.2 Å². The van der Waals surface area contributed by atoms with Crippen molar-refractivity contribution in [3.05, 3.63) is 35.4 Å². The molecule has 0 unspecified atom stereocenters. The van der Waals surface area contributed by atoms with Crippen LogP contribution >= 0.6 is 12.0 Å². The van der Waals surface area contributed by atoms with E-state index in [4.69, 9.17) is 4.55 Å². The second-order valence-corrected chi connectivity index (χ2v) is 4.93. The summed E-state index contributed by atoms with van der Waals surface area (Å²) in [6, 6.07) is 0. The Morgan fingerprint density at radius 3 is 2.67 bits per heavy atom. The first-order valence-electron chi connectivity index (χ1n) is 4.90. The topological polar surface area (TPSA) is 32.6 Å². The summed E-state index contributed by atoms with van der Waals surface area (Å²) < 4.78 is 8.87. The van der Waals surface area contributed by atoms with Crippen LogP contribution < -0.4 is 0 Å². The number of aliphatic imine (C=N–C) groups is 1. The molecule has 1 aliphatic rings. The molecule has 1 heterocycles. The van der Waals surface area contributed by atoms with Crippen LogP contribution in [0.15, 0.2) is 40.4 Å². The lowest BCUT2D eigenvalue weighted by atomic mass is 9.86. The Morgan fingerprint density at radius 2 is 2.27 bits per heavy atom. The fraction of sp³-hybridized carbons (Fsp3) is 0.417. The Labute approximate surface area is 95.7 Å². The van der Waals surface area contributed by atoms with Crippen molar-refractivity contribution in [2.45, 2.75) is 27.2 Å². The molecule has 1 rings (SSSR count). The van der Waals surface area contributed by atoms with Crippen molar-refractivity contribution in [3.8, 4) is 0 Å². The highest BCUT2D eigenvalue weighted by Crippen LogP contribution is 2.34. The molecule has 0 aromatic heterocycles. The molecule has 15 heavy (non-hydrogen) atoms. The lowest BCUT2D eigenvalue weighted by Crippen LogP contribution is -2.15. The molecule has 3 heteroatoms. The number of rotatable bonds is 3. The van der Waals surface area contributed by atoms with Crippen molar-refractivity contribution in [2.24, 2.45) is 10.4 Å². The van der Waals surface area contributed by atoms with Crippen LogP contribution in [0.3, 0.4) is 0 Å². The van der Waals surface area contributed by atoms with E-state index < -0.39 is 0 Å². The van der Waals surface area contributed by atoms with Gasteiger partial charge in [0.15, 0.2) is 0 Å². The number of hydrogen-bond donors (Lipinski definition) is 1. The number of nitrogens with zero attached hydrogens (tertiary/aromatic N) is 1. The van der Waals surface area contributed by atoms with Crippen LogP contribution in [0.5, 0.6) is 0 Å². The maximum atomic E-state index is 8.87. The molecule has 1 aliphatic heterocycles. The molecule has 0 aliphatic carbocycles. The Kier molecular flexibility index (Phi) is 3.94. The zero-order valence-corrected chi connectivity index (χ0v) is 10.3. The Balaban J connectivity index is 2.82. The smallest absolute Gasteiger partial charge is 0.0412 e. The molecule has 0 saturated heterocycles. The average molecular weight is 223 g/mol. The van der Waals surface area contributed by atoms with Crippen LogP contribution in [-0.4, -0.2) is 10.3 Å². The number of hydrogen-bond acceptors (Lipinski definition) is 3. The van der Waals surface area contributed by atoms with E-state index in [1.165, 1.54) is 5.71 Å². The molecule has 2 nitrogen and oxygen atoms in total. The molecule has 0 aromatic rings. The third-order valence-corrected chi connectivity index (χ3v) is 3.17. The van der Waals surface area contributed by atoms with Gasteiger partial charge in [-0.25, -0.2) is 0 Å². The van der Waals surface area contributed by atoms with Crippen molar-refractivity contribution in [1.82, 2.24) is 0 Å².